The van der Waals surface area contributed by atoms with Crippen LogP contribution in [0.3, 0.4) is 0 Å². The minimum absolute atomic E-state index is 0.0928. The van der Waals surface area contributed by atoms with E-state index in [0.717, 1.165) is 13.2 Å². The van der Waals surface area contributed by atoms with Crippen molar-refractivity contribution < 1.29 is 4.74 Å². The summed E-state index contributed by atoms with van der Waals surface area (Å²) in [6.45, 7) is 6.31. The van der Waals surface area contributed by atoms with E-state index in [9.17, 15) is 0 Å². The zero-order valence-corrected chi connectivity index (χ0v) is 16.6. The number of ether oxygens (including phenoxy) is 1. The zero-order chi connectivity index (χ0) is 17.8. The van der Waals surface area contributed by atoms with Gasteiger partial charge in [0, 0.05) is 32.3 Å². The van der Waals surface area contributed by atoms with Crippen LogP contribution >= 0.6 is 22.7 Å². The molecule has 2 aliphatic rings. The second kappa shape index (κ2) is 5.81. The third kappa shape index (κ3) is 2.19. The summed E-state index contributed by atoms with van der Waals surface area (Å²) < 4.78 is 6.41. The molecule has 0 bridgehead atoms. The Morgan fingerprint density at radius 3 is 2.77 bits per heavy atom. The molecule has 2 aliphatic heterocycles. The van der Waals surface area contributed by atoms with E-state index in [1.165, 1.54) is 25.9 Å². The largest absolute Gasteiger partial charge is 0.349 e. The van der Waals surface area contributed by atoms with Crippen LogP contribution in [0.25, 0.3) is 15.8 Å². The Labute approximate surface area is 162 Å². The molecule has 132 valence electrons. The van der Waals surface area contributed by atoms with Gasteiger partial charge >= 0.3 is 0 Å². The fourth-order valence-corrected chi connectivity index (χ4v) is 6.06. The summed E-state index contributed by atoms with van der Waals surface area (Å²) in [5.74, 6) is 0. The van der Waals surface area contributed by atoms with Gasteiger partial charge in [0.05, 0.1) is 6.61 Å². The number of thiophene rings is 2. The molecule has 3 aromatic rings. The van der Waals surface area contributed by atoms with Crippen molar-refractivity contribution in [2.45, 2.75) is 25.0 Å². The van der Waals surface area contributed by atoms with Crippen molar-refractivity contribution in [3.8, 4) is 9.75 Å². The summed E-state index contributed by atoms with van der Waals surface area (Å²) in [7, 11) is 0. The maximum atomic E-state index is 6.41. The highest BCUT2D eigenvalue weighted by molar-refractivity contribution is 7.21. The van der Waals surface area contributed by atoms with Crippen molar-refractivity contribution in [1.82, 2.24) is 0 Å². The third-order valence-corrected chi connectivity index (χ3v) is 7.78. The molecule has 0 aliphatic carbocycles. The number of rotatable bonds is 3. The fraction of sp³-hybridized carbons (Fsp3) is 0.273. The summed E-state index contributed by atoms with van der Waals surface area (Å²) in [6.07, 6.45) is 4.53. The average Bonchev–Trinajstić information content (AvgIpc) is 3.41. The second-order valence-electron chi connectivity index (χ2n) is 7.35. The van der Waals surface area contributed by atoms with E-state index in [2.05, 4.69) is 84.8 Å². The van der Waals surface area contributed by atoms with E-state index < -0.39 is 5.72 Å². The van der Waals surface area contributed by atoms with Gasteiger partial charge < -0.3 is 9.64 Å². The second-order valence-corrected chi connectivity index (χ2v) is 9.41. The summed E-state index contributed by atoms with van der Waals surface area (Å²) in [4.78, 5) is 6.37. The van der Waals surface area contributed by atoms with E-state index >= 15 is 0 Å². The zero-order valence-electron chi connectivity index (χ0n) is 14.9. The molecule has 4 heteroatoms. The number of hydrogen-bond donors (Lipinski definition) is 0. The summed E-state index contributed by atoms with van der Waals surface area (Å²) >= 11 is 3.63. The first-order valence-corrected chi connectivity index (χ1v) is 10.7. The Kier molecular flexibility index (Phi) is 3.64. The van der Waals surface area contributed by atoms with Crippen LogP contribution in [0.2, 0.25) is 0 Å². The van der Waals surface area contributed by atoms with Crippen LogP contribution in [0.4, 0.5) is 5.69 Å². The molecule has 4 heterocycles. The van der Waals surface area contributed by atoms with Gasteiger partial charge in [-0.15, -0.1) is 22.7 Å². The van der Waals surface area contributed by atoms with Crippen molar-refractivity contribution in [2.75, 3.05) is 18.1 Å². The van der Waals surface area contributed by atoms with Crippen LogP contribution in [0.1, 0.15) is 24.3 Å². The number of hydrogen-bond acceptors (Lipinski definition) is 4. The molecule has 0 spiro atoms. The molecule has 5 rings (SSSR count). The molecule has 2 aromatic heterocycles. The minimum atomic E-state index is -0.399. The van der Waals surface area contributed by atoms with E-state index in [0.29, 0.717) is 0 Å². The van der Waals surface area contributed by atoms with Crippen molar-refractivity contribution >= 4 is 34.4 Å². The Hall–Kier alpha value is -1.88. The number of anilines is 1. The van der Waals surface area contributed by atoms with Gasteiger partial charge in [0.15, 0.2) is 5.72 Å². The molecule has 1 atom stereocenters. The van der Waals surface area contributed by atoms with Gasteiger partial charge in [-0.05, 0) is 47.4 Å². The quantitative estimate of drug-likeness (QED) is 0.552. The van der Waals surface area contributed by atoms with Crippen LogP contribution in [-0.4, -0.2) is 18.9 Å². The SMILES string of the molecule is CC1(C)c2ccccc2N2CCOC21/C=C\c1ccc(-c2cccs2)s1. The summed E-state index contributed by atoms with van der Waals surface area (Å²) in [6, 6.07) is 17.4. The van der Waals surface area contributed by atoms with Crippen LogP contribution in [0.15, 0.2) is 60.0 Å². The maximum absolute atomic E-state index is 6.41. The lowest BCUT2D eigenvalue weighted by atomic mass is 9.77. The van der Waals surface area contributed by atoms with Gasteiger partial charge in [-0.2, -0.15) is 0 Å². The van der Waals surface area contributed by atoms with Gasteiger partial charge in [-0.3, -0.25) is 0 Å². The fourth-order valence-electron chi connectivity index (χ4n) is 4.32. The Morgan fingerprint density at radius 1 is 1.04 bits per heavy atom. The van der Waals surface area contributed by atoms with Gasteiger partial charge in [0.2, 0.25) is 0 Å². The molecule has 0 saturated carbocycles. The number of benzene rings is 1. The van der Waals surface area contributed by atoms with E-state index in [1.54, 1.807) is 11.3 Å². The predicted octanol–water partition coefficient (Wildman–Crippen LogP) is 6.01. The highest BCUT2D eigenvalue weighted by Crippen LogP contribution is 2.55. The molecule has 2 nitrogen and oxygen atoms in total. The smallest absolute Gasteiger partial charge is 0.170 e. The van der Waals surface area contributed by atoms with Gasteiger partial charge in [-0.25, -0.2) is 0 Å². The lowest BCUT2D eigenvalue weighted by Gasteiger charge is -2.39. The Balaban J connectivity index is 1.52. The van der Waals surface area contributed by atoms with E-state index in [-0.39, 0.29) is 5.41 Å². The normalized spacial score (nSPS) is 23.5. The number of nitrogens with zero attached hydrogens (tertiary/aromatic N) is 1. The van der Waals surface area contributed by atoms with Crippen LogP contribution in [-0.2, 0) is 10.2 Å². The van der Waals surface area contributed by atoms with Crippen molar-refractivity contribution in [2.24, 2.45) is 0 Å². The molecule has 1 saturated heterocycles. The monoisotopic (exact) mass is 379 g/mol. The Bertz CT molecular complexity index is 970. The molecular weight excluding hydrogens is 358 g/mol. The predicted molar refractivity (Wildman–Crippen MR) is 112 cm³/mol. The topological polar surface area (TPSA) is 12.5 Å². The van der Waals surface area contributed by atoms with Gasteiger partial charge in [-0.1, -0.05) is 38.1 Å². The number of para-hydroxylation sites is 1. The lowest BCUT2D eigenvalue weighted by molar-refractivity contribution is 0.000345. The third-order valence-electron chi connectivity index (χ3n) is 5.67. The molecular formula is C22H21NOS2. The molecule has 1 unspecified atom stereocenters. The molecule has 1 aromatic carbocycles. The van der Waals surface area contributed by atoms with Gasteiger partial charge in [0.25, 0.3) is 0 Å². The molecule has 0 amide bonds. The summed E-state index contributed by atoms with van der Waals surface area (Å²) in [5, 5.41) is 2.13. The highest BCUT2D eigenvalue weighted by Gasteiger charge is 2.58. The van der Waals surface area contributed by atoms with Crippen molar-refractivity contribution in [3.63, 3.8) is 0 Å². The van der Waals surface area contributed by atoms with Crippen LogP contribution in [0, 0.1) is 0 Å². The van der Waals surface area contributed by atoms with E-state index in [1.807, 2.05) is 11.3 Å². The first kappa shape index (κ1) is 16.3. The average molecular weight is 380 g/mol. The maximum Gasteiger partial charge on any atom is 0.170 e. The van der Waals surface area contributed by atoms with Gasteiger partial charge in [0.1, 0.15) is 0 Å². The molecule has 0 radical (unpaired) electrons. The first-order valence-electron chi connectivity index (χ1n) is 8.96. The standard InChI is InChI=1S/C22H21NOS2/c1-21(2)17-6-3-4-7-18(17)23-13-14-24-22(21,23)12-11-16-9-10-20(26-16)19-8-5-15-25-19/h3-12,15H,13-14H2,1-2H3/b12-11-. The molecule has 26 heavy (non-hydrogen) atoms. The lowest BCUT2D eigenvalue weighted by Crippen LogP contribution is -2.51. The van der Waals surface area contributed by atoms with Crippen LogP contribution < -0.4 is 4.90 Å². The van der Waals surface area contributed by atoms with E-state index in [4.69, 9.17) is 4.74 Å². The van der Waals surface area contributed by atoms with Crippen LogP contribution in [0.5, 0.6) is 0 Å². The molecule has 0 N–H and O–H groups in total. The Morgan fingerprint density at radius 2 is 1.92 bits per heavy atom. The van der Waals surface area contributed by atoms with Crippen molar-refractivity contribution in [3.05, 3.63) is 70.4 Å². The summed E-state index contributed by atoms with van der Waals surface area (Å²) in [5.41, 5.74) is 2.19. The minimum Gasteiger partial charge on any atom is -0.349 e. The highest BCUT2D eigenvalue weighted by atomic mass is 32.1. The number of fused-ring (bicyclic) bond motifs is 3. The van der Waals surface area contributed by atoms with Crippen molar-refractivity contribution in [1.29, 1.82) is 0 Å². The first-order chi connectivity index (χ1) is 12.6. The molecule has 1 fully saturated rings.